The first kappa shape index (κ1) is 17.8. The van der Waals surface area contributed by atoms with E-state index in [1.165, 1.54) is 23.4 Å². The molecular weight excluding hydrogens is 365 g/mol. The Labute approximate surface area is 168 Å². The average molecular weight is 387 g/mol. The summed E-state index contributed by atoms with van der Waals surface area (Å²) in [7, 11) is 0. The molecule has 1 aliphatic rings. The van der Waals surface area contributed by atoms with Gasteiger partial charge in [0.2, 0.25) is 0 Å². The van der Waals surface area contributed by atoms with Crippen molar-refractivity contribution in [1.82, 2.24) is 20.2 Å². The zero-order valence-corrected chi connectivity index (χ0v) is 16.3. The van der Waals surface area contributed by atoms with Gasteiger partial charge in [-0.05, 0) is 55.0 Å². The van der Waals surface area contributed by atoms with Crippen LogP contribution in [0.3, 0.4) is 0 Å². The van der Waals surface area contributed by atoms with E-state index in [1.54, 1.807) is 0 Å². The molecule has 6 heteroatoms. The van der Waals surface area contributed by atoms with E-state index in [4.69, 9.17) is 4.98 Å². The van der Waals surface area contributed by atoms with Gasteiger partial charge in [-0.25, -0.2) is 14.4 Å². The summed E-state index contributed by atoms with van der Waals surface area (Å²) in [6.45, 7) is 3.61. The molecule has 0 bridgehead atoms. The van der Waals surface area contributed by atoms with Crippen molar-refractivity contribution in [2.75, 3.05) is 11.4 Å². The van der Waals surface area contributed by atoms with Crippen molar-refractivity contribution in [2.24, 2.45) is 5.92 Å². The van der Waals surface area contributed by atoms with Crippen LogP contribution in [-0.4, -0.2) is 26.7 Å². The molecule has 1 atom stereocenters. The van der Waals surface area contributed by atoms with Crippen molar-refractivity contribution in [3.05, 3.63) is 83.2 Å². The summed E-state index contributed by atoms with van der Waals surface area (Å²) in [5.74, 6) is 0.989. The molecule has 0 amide bonds. The van der Waals surface area contributed by atoms with Gasteiger partial charge >= 0.3 is 0 Å². The van der Waals surface area contributed by atoms with Gasteiger partial charge in [0.25, 0.3) is 0 Å². The van der Waals surface area contributed by atoms with E-state index in [9.17, 15) is 4.39 Å². The summed E-state index contributed by atoms with van der Waals surface area (Å²) < 4.78 is 13.3. The van der Waals surface area contributed by atoms with Gasteiger partial charge in [0.15, 0.2) is 5.65 Å². The number of aromatic nitrogens is 4. The number of para-hydroxylation sites is 1. The Bertz CT molecular complexity index is 1150. The lowest BCUT2D eigenvalue weighted by molar-refractivity contribution is 0.481. The van der Waals surface area contributed by atoms with Gasteiger partial charge in [-0.2, -0.15) is 5.10 Å². The second-order valence-corrected chi connectivity index (χ2v) is 7.76. The van der Waals surface area contributed by atoms with E-state index in [2.05, 4.69) is 44.3 Å². The van der Waals surface area contributed by atoms with Crippen molar-refractivity contribution in [1.29, 1.82) is 0 Å². The van der Waals surface area contributed by atoms with Crippen molar-refractivity contribution in [3.8, 4) is 0 Å². The van der Waals surface area contributed by atoms with Crippen LogP contribution in [0.4, 0.5) is 10.1 Å². The molecule has 0 fully saturated rings. The van der Waals surface area contributed by atoms with Crippen molar-refractivity contribution in [3.63, 3.8) is 0 Å². The number of fused-ring (bicyclic) bond motifs is 2. The highest BCUT2D eigenvalue weighted by Gasteiger charge is 2.26. The first-order chi connectivity index (χ1) is 14.2. The van der Waals surface area contributed by atoms with Crippen LogP contribution < -0.4 is 4.90 Å². The van der Waals surface area contributed by atoms with E-state index in [-0.39, 0.29) is 5.82 Å². The third-order valence-electron chi connectivity index (χ3n) is 5.59. The summed E-state index contributed by atoms with van der Waals surface area (Å²) in [6, 6.07) is 15.4. The molecule has 3 heterocycles. The number of nitrogens with one attached hydrogen (secondary N) is 1. The number of hydrogen-bond donors (Lipinski definition) is 1. The maximum atomic E-state index is 13.3. The van der Waals surface area contributed by atoms with Crippen molar-refractivity contribution >= 4 is 16.7 Å². The number of anilines is 1. The fourth-order valence-electron chi connectivity index (χ4n) is 4.32. The second-order valence-electron chi connectivity index (χ2n) is 7.76. The average Bonchev–Trinajstić information content (AvgIpc) is 3.18. The molecule has 4 aromatic rings. The lowest BCUT2D eigenvalue weighted by atomic mass is 9.88. The SMILES string of the molecule is Cc1nc(C[C@H]2Cc3ccccc3N(Cc3ccc(F)cc3)C2)c2cn[nH]c2n1. The molecule has 146 valence electrons. The lowest BCUT2D eigenvalue weighted by Crippen LogP contribution is -2.36. The zero-order valence-electron chi connectivity index (χ0n) is 16.3. The normalized spacial score (nSPS) is 16.2. The van der Waals surface area contributed by atoms with Crippen LogP contribution in [0.1, 0.15) is 22.6 Å². The minimum Gasteiger partial charge on any atom is -0.367 e. The van der Waals surface area contributed by atoms with Crippen LogP contribution in [0, 0.1) is 18.7 Å². The molecule has 5 nitrogen and oxygen atoms in total. The Kier molecular flexibility index (Phi) is 4.46. The maximum Gasteiger partial charge on any atom is 0.159 e. The molecule has 0 radical (unpaired) electrons. The molecule has 2 aromatic carbocycles. The fourth-order valence-corrected chi connectivity index (χ4v) is 4.32. The number of benzene rings is 2. The molecule has 0 saturated heterocycles. The van der Waals surface area contributed by atoms with Crippen LogP contribution in [0.15, 0.2) is 54.7 Å². The number of aromatic amines is 1. The number of aryl methyl sites for hydroxylation is 1. The third kappa shape index (κ3) is 3.58. The first-order valence-electron chi connectivity index (χ1n) is 9.89. The summed E-state index contributed by atoms with van der Waals surface area (Å²) in [5, 5.41) is 8.10. The molecular formula is C23H22FN5. The van der Waals surface area contributed by atoms with E-state index in [0.717, 1.165) is 54.0 Å². The van der Waals surface area contributed by atoms with Crippen molar-refractivity contribution < 1.29 is 4.39 Å². The number of rotatable bonds is 4. The smallest absolute Gasteiger partial charge is 0.159 e. The quantitative estimate of drug-likeness (QED) is 0.570. The first-order valence-corrected chi connectivity index (χ1v) is 9.89. The van der Waals surface area contributed by atoms with Gasteiger partial charge in [-0.15, -0.1) is 0 Å². The van der Waals surface area contributed by atoms with Crippen LogP contribution in [0.25, 0.3) is 11.0 Å². The van der Waals surface area contributed by atoms with Crippen LogP contribution in [0.2, 0.25) is 0 Å². The van der Waals surface area contributed by atoms with Gasteiger partial charge in [0.1, 0.15) is 11.6 Å². The maximum absolute atomic E-state index is 13.3. The van der Waals surface area contributed by atoms with Gasteiger partial charge in [0, 0.05) is 18.8 Å². The highest BCUT2D eigenvalue weighted by Crippen LogP contribution is 2.32. The van der Waals surface area contributed by atoms with Gasteiger partial charge in [-0.1, -0.05) is 30.3 Å². The van der Waals surface area contributed by atoms with E-state index in [1.807, 2.05) is 25.3 Å². The molecule has 0 saturated carbocycles. The Balaban J connectivity index is 1.44. The number of hydrogen-bond acceptors (Lipinski definition) is 4. The van der Waals surface area contributed by atoms with Crippen LogP contribution in [-0.2, 0) is 19.4 Å². The summed E-state index contributed by atoms with van der Waals surface area (Å²) >= 11 is 0. The predicted octanol–water partition coefficient (Wildman–Crippen LogP) is 4.22. The van der Waals surface area contributed by atoms with Crippen LogP contribution >= 0.6 is 0 Å². The zero-order chi connectivity index (χ0) is 19.8. The third-order valence-corrected chi connectivity index (χ3v) is 5.59. The highest BCUT2D eigenvalue weighted by atomic mass is 19.1. The van der Waals surface area contributed by atoms with Gasteiger partial charge in [0.05, 0.1) is 17.3 Å². The monoisotopic (exact) mass is 387 g/mol. The summed E-state index contributed by atoms with van der Waals surface area (Å²) in [4.78, 5) is 11.5. The van der Waals surface area contributed by atoms with Crippen LogP contribution in [0.5, 0.6) is 0 Å². The largest absolute Gasteiger partial charge is 0.367 e. The number of H-pyrrole nitrogens is 1. The number of halogens is 1. The Morgan fingerprint density at radius 2 is 1.93 bits per heavy atom. The molecule has 29 heavy (non-hydrogen) atoms. The molecule has 2 aromatic heterocycles. The highest BCUT2D eigenvalue weighted by molar-refractivity contribution is 5.76. The standard InChI is InChI=1S/C23H22FN5/c1-15-26-21(20-12-25-28-23(20)27-15)11-17-10-18-4-2-3-5-22(18)29(14-17)13-16-6-8-19(24)9-7-16/h2-9,12,17H,10-11,13-14H2,1H3,(H,25,26,27,28)/t17-/m1/s1. The van der Waals surface area contributed by atoms with E-state index < -0.39 is 0 Å². The van der Waals surface area contributed by atoms with E-state index in [0.29, 0.717) is 5.92 Å². The van der Waals surface area contributed by atoms with Gasteiger partial charge < -0.3 is 4.90 Å². The molecule has 0 spiro atoms. The summed E-state index contributed by atoms with van der Waals surface area (Å²) in [5.41, 5.74) is 5.57. The minimum atomic E-state index is -0.200. The Morgan fingerprint density at radius 1 is 1.10 bits per heavy atom. The second kappa shape index (κ2) is 7.28. The van der Waals surface area contributed by atoms with Gasteiger partial charge in [-0.3, -0.25) is 5.10 Å². The lowest BCUT2D eigenvalue weighted by Gasteiger charge is -2.36. The minimum absolute atomic E-state index is 0.200. The molecule has 5 rings (SSSR count). The predicted molar refractivity (Wildman–Crippen MR) is 111 cm³/mol. The Morgan fingerprint density at radius 3 is 2.79 bits per heavy atom. The van der Waals surface area contributed by atoms with E-state index >= 15 is 0 Å². The Hall–Kier alpha value is -3.28. The molecule has 1 aliphatic heterocycles. The number of nitrogens with zero attached hydrogens (tertiary/aromatic N) is 4. The topological polar surface area (TPSA) is 57.7 Å². The molecule has 0 aliphatic carbocycles. The fraction of sp³-hybridized carbons (Fsp3) is 0.261. The summed E-state index contributed by atoms with van der Waals surface area (Å²) in [6.07, 6.45) is 3.70. The molecule has 0 unspecified atom stereocenters. The molecule has 1 N–H and O–H groups in total. The van der Waals surface area contributed by atoms with Crippen molar-refractivity contribution in [2.45, 2.75) is 26.3 Å².